The summed E-state index contributed by atoms with van der Waals surface area (Å²) in [5, 5.41) is 22.2. The van der Waals surface area contributed by atoms with E-state index < -0.39 is 9.85 Å². The zero-order valence-electron chi connectivity index (χ0n) is 11.9. The molecule has 0 spiro atoms. The van der Waals surface area contributed by atoms with Crippen LogP contribution in [0.1, 0.15) is 38.5 Å². The molecule has 0 aliphatic heterocycles. The maximum absolute atomic E-state index is 11.2. The lowest BCUT2D eigenvalue weighted by molar-refractivity contribution is -0.396. The predicted molar refractivity (Wildman–Crippen MR) is 89.8 cm³/mol. The van der Waals surface area contributed by atoms with Crippen LogP contribution in [0, 0.1) is 20.2 Å². The molecular formula is C14H17BrN2O4S. The highest BCUT2D eigenvalue weighted by atomic mass is 79.9. The zero-order valence-corrected chi connectivity index (χ0v) is 14.3. The van der Waals surface area contributed by atoms with Gasteiger partial charge in [-0.05, 0) is 18.9 Å². The van der Waals surface area contributed by atoms with Crippen LogP contribution in [-0.4, -0.2) is 19.9 Å². The maximum Gasteiger partial charge on any atom is 0.289 e. The van der Waals surface area contributed by atoms with Gasteiger partial charge in [0.05, 0.1) is 20.8 Å². The number of alkyl halides is 1. The minimum atomic E-state index is -0.607. The van der Waals surface area contributed by atoms with Crippen LogP contribution in [0.2, 0.25) is 0 Å². The van der Waals surface area contributed by atoms with Crippen molar-refractivity contribution in [2.45, 2.75) is 53.5 Å². The molecule has 1 aromatic carbocycles. The number of halogens is 1. The van der Waals surface area contributed by atoms with E-state index >= 15 is 0 Å². The van der Waals surface area contributed by atoms with E-state index in [1.54, 1.807) is 0 Å². The van der Waals surface area contributed by atoms with Gasteiger partial charge in [-0.3, -0.25) is 20.2 Å². The smallest absolute Gasteiger partial charge is 0.258 e. The summed E-state index contributed by atoms with van der Waals surface area (Å²) in [7, 11) is 0. The van der Waals surface area contributed by atoms with E-state index in [4.69, 9.17) is 0 Å². The Morgan fingerprint density at radius 3 is 2.36 bits per heavy atom. The Labute approximate surface area is 141 Å². The number of nitro benzene ring substituents is 2. The van der Waals surface area contributed by atoms with Crippen LogP contribution >= 0.6 is 27.7 Å². The minimum absolute atomic E-state index is 0.180. The summed E-state index contributed by atoms with van der Waals surface area (Å²) >= 11 is 5.16. The van der Waals surface area contributed by atoms with E-state index in [1.165, 1.54) is 36.7 Å². The summed E-state index contributed by atoms with van der Waals surface area (Å²) in [5.41, 5.74) is -0.426. The fraction of sp³-hybridized carbons (Fsp3) is 0.571. The molecule has 120 valence electrons. The molecule has 8 heteroatoms. The second-order valence-electron chi connectivity index (χ2n) is 5.33. The molecule has 0 radical (unpaired) electrons. The van der Waals surface area contributed by atoms with Gasteiger partial charge in [-0.1, -0.05) is 41.6 Å². The van der Waals surface area contributed by atoms with Crippen molar-refractivity contribution in [3.05, 3.63) is 38.4 Å². The summed E-state index contributed by atoms with van der Waals surface area (Å²) in [6.07, 6.45) is 6.75. The van der Waals surface area contributed by atoms with Gasteiger partial charge >= 0.3 is 0 Å². The summed E-state index contributed by atoms with van der Waals surface area (Å²) in [6, 6.07) is 3.88. The first-order valence-corrected chi connectivity index (χ1v) is 9.02. The van der Waals surface area contributed by atoms with Gasteiger partial charge in [0.1, 0.15) is 0 Å². The summed E-state index contributed by atoms with van der Waals surface area (Å²) < 4.78 is 0. The number of nitro groups is 2. The van der Waals surface area contributed by atoms with Crippen LogP contribution in [0.5, 0.6) is 0 Å². The van der Waals surface area contributed by atoms with Crippen molar-refractivity contribution in [3.8, 4) is 0 Å². The largest absolute Gasteiger partial charge is 0.289 e. The van der Waals surface area contributed by atoms with Gasteiger partial charge in [0.2, 0.25) is 0 Å². The topological polar surface area (TPSA) is 86.3 Å². The third-order valence-corrected chi connectivity index (χ3v) is 6.66. The Morgan fingerprint density at radius 2 is 1.73 bits per heavy atom. The average molecular weight is 389 g/mol. The van der Waals surface area contributed by atoms with Crippen molar-refractivity contribution in [2.75, 3.05) is 0 Å². The molecule has 0 heterocycles. The fourth-order valence-corrected chi connectivity index (χ4v) is 4.77. The highest BCUT2D eigenvalue weighted by molar-refractivity contribution is 9.09. The first-order chi connectivity index (χ1) is 10.5. The molecule has 1 fully saturated rings. The lowest BCUT2D eigenvalue weighted by atomic mass is 10.0. The standard InChI is InChI=1S/C14H17BrN2O4S/c15-11-5-3-1-2-4-6-13(11)22-14-8-7-10(16(18)19)9-12(14)17(20)21/h7-9,11,13H,1-6H2/t11-,13+/m0/s1. The molecule has 0 aromatic heterocycles. The number of hydrogen-bond donors (Lipinski definition) is 0. The highest BCUT2D eigenvalue weighted by Crippen LogP contribution is 2.40. The third kappa shape index (κ3) is 4.42. The molecule has 0 unspecified atom stereocenters. The molecule has 0 N–H and O–H groups in total. The molecule has 22 heavy (non-hydrogen) atoms. The quantitative estimate of drug-likeness (QED) is 0.407. The predicted octanol–water partition coefficient (Wildman–Crippen LogP) is 5.08. The van der Waals surface area contributed by atoms with Gasteiger partial charge in [0.25, 0.3) is 11.4 Å². The van der Waals surface area contributed by atoms with Crippen molar-refractivity contribution in [1.29, 1.82) is 0 Å². The van der Waals surface area contributed by atoms with E-state index in [2.05, 4.69) is 15.9 Å². The number of thioether (sulfide) groups is 1. The number of nitrogens with zero attached hydrogens (tertiary/aromatic N) is 2. The molecule has 1 aliphatic carbocycles. The second kappa shape index (κ2) is 7.92. The summed E-state index contributed by atoms with van der Waals surface area (Å²) in [6.45, 7) is 0. The first kappa shape index (κ1) is 17.2. The van der Waals surface area contributed by atoms with E-state index in [9.17, 15) is 20.2 Å². The van der Waals surface area contributed by atoms with Crippen LogP contribution < -0.4 is 0 Å². The van der Waals surface area contributed by atoms with Gasteiger partial charge in [0.15, 0.2) is 0 Å². The van der Waals surface area contributed by atoms with Crippen LogP contribution in [0.4, 0.5) is 11.4 Å². The van der Waals surface area contributed by atoms with Crippen molar-refractivity contribution >= 4 is 39.1 Å². The molecule has 1 aromatic rings. The number of non-ortho nitro benzene ring substituents is 1. The number of rotatable bonds is 4. The monoisotopic (exact) mass is 388 g/mol. The Balaban J connectivity index is 2.23. The molecule has 2 atom stereocenters. The van der Waals surface area contributed by atoms with Crippen LogP contribution in [0.25, 0.3) is 0 Å². The van der Waals surface area contributed by atoms with Crippen LogP contribution in [0.15, 0.2) is 23.1 Å². The second-order valence-corrected chi connectivity index (χ2v) is 7.79. The molecule has 2 rings (SSSR count). The summed E-state index contributed by atoms with van der Waals surface area (Å²) in [4.78, 5) is 21.7. The van der Waals surface area contributed by atoms with Crippen molar-refractivity contribution in [3.63, 3.8) is 0 Å². The van der Waals surface area contributed by atoms with Crippen molar-refractivity contribution in [2.24, 2.45) is 0 Å². The van der Waals surface area contributed by atoms with Crippen LogP contribution in [-0.2, 0) is 0 Å². The maximum atomic E-state index is 11.2. The van der Waals surface area contributed by atoms with E-state index in [0.717, 1.165) is 31.7 Å². The van der Waals surface area contributed by atoms with Gasteiger partial charge < -0.3 is 0 Å². The fourth-order valence-electron chi connectivity index (χ4n) is 2.56. The van der Waals surface area contributed by atoms with Gasteiger partial charge in [-0.15, -0.1) is 11.8 Å². The lowest BCUT2D eigenvalue weighted by Crippen LogP contribution is -2.19. The van der Waals surface area contributed by atoms with Crippen molar-refractivity contribution < 1.29 is 9.85 Å². The molecule has 1 saturated carbocycles. The van der Waals surface area contributed by atoms with Gasteiger partial charge in [-0.2, -0.15) is 0 Å². The molecule has 1 aliphatic rings. The van der Waals surface area contributed by atoms with E-state index in [1.807, 2.05) is 0 Å². The minimum Gasteiger partial charge on any atom is -0.258 e. The molecule has 0 bridgehead atoms. The van der Waals surface area contributed by atoms with Crippen molar-refractivity contribution in [1.82, 2.24) is 0 Å². The SMILES string of the molecule is O=[N+]([O-])c1ccc(S[C@@H]2CCCCCC[C@@H]2Br)c([N+](=O)[O-])c1. The van der Waals surface area contributed by atoms with E-state index in [-0.39, 0.29) is 16.6 Å². The van der Waals surface area contributed by atoms with E-state index in [0.29, 0.717) is 9.72 Å². The Kier molecular flexibility index (Phi) is 6.19. The van der Waals surface area contributed by atoms with Crippen LogP contribution in [0.3, 0.4) is 0 Å². The normalized spacial score (nSPS) is 22.6. The molecule has 0 amide bonds. The number of benzene rings is 1. The molecule has 6 nitrogen and oxygen atoms in total. The third-order valence-electron chi connectivity index (χ3n) is 3.75. The highest BCUT2D eigenvalue weighted by Gasteiger charge is 2.26. The molecular weight excluding hydrogens is 372 g/mol. The lowest BCUT2D eigenvalue weighted by Gasteiger charge is -2.24. The van der Waals surface area contributed by atoms with Gasteiger partial charge in [0, 0.05) is 16.1 Å². The zero-order chi connectivity index (χ0) is 16.1. The Morgan fingerprint density at radius 1 is 1.05 bits per heavy atom. The number of hydrogen-bond acceptors (Lipinski definition) is 5. The first-order valence-electron chi connectivity index (χ1n) is 7.22. The molecule has 0 saturated heterocycles. The Bertz CT molecular complexity index is 570. The summed E-state index contributed by atoms with van der Waals surface area (Å²) in [5.74, 6) is 0. The Hall–Kier alpha value is -1.15. The van der Waals surface area contributed by atoms with Gasteiger partial charge in [-0.25, -0.2) is 0 Å². The average Bonchev–Trinajstić information content (AvgIpc) is 2.46.